The van der Waals surface area contributed by atoms with Gasteiger partial charge < -0.3 is 24.6 Å². The van der Waals surface area contributed by atoms with Gasteiger partial charge in [-0.1, -0.05) is 56.3 Å². The van der Waals surface area contributed by atoms with Crippen molar-refractivity contribution in [3.63, 3.8) is 0 Å². The highest BCUT2D eigenvalue weighted by atomic mass is 32.1. The normalized spacial score (nSPS) is 33.8. The second-order valence-corrected chi connectivity index (χ2v) is 18.8. The molecule has 1 heterocycles. The van der Waals surface area contributed by atoms with Gasteiger partial charge in [0.25, 0.3) is 0 Å². The Bertz CT molecular complexity index is 2120. The second kappa shape index (κ2) is 14.1. The van der Waals surface area contributed by atoms with E-state index in [0.717, 1.165) is 29.0 Å². The van der Waals surface area contributed by atoms with E-state index in [4.69, 9.17) is 9.47 Å². The molecule has 1 aromatic heterocycles. The minimum atomic E-state index is -4.61. The molecule has 1 amide bonds. The fourth-order valence-electron chi connectivity index (χ4n) is 12.2. The zero-order chi connectivity index (χ0) is 40.6. The molecule has 304 valence electrons. The minimum Gasteiger partial charge on any atom is -0.493 e. The molecule has 8 atom stereocenters. The van der Waals surface area contributed by atoms with Crippen LogP contribution in [0, 0.1) is 33.5 Å². The average Bonchev–Trinajstić information content (AvgIpc) is 3.81. The Balaban J connectivity index is 1.17. The monoisotopic (exact) mass is 803 g/mol. The molecule has 2 bridgehead atoms. The van der Waals surface area contributed by atoms with Crippen molar-refractivity contribution in [3.05, 3.63) is 105 Å². The zero-order valence-electron chi connectivity index (χ0n) is 33.0. The summed E-state index contributed by atoms with van der Waals surface area (Å²) in [6.07, 6.45) is 6.07. The molecule has 2 aromatic carbocycles. The maximum absolute atomic E-state index is 14.9. The molecule has 6 aliphatic carbocycles. The van der Waals surface area contributed by atoms with Crippen molar-refractivity contribution in [1.29, 1.82) is 0 Å². The van der Waals surface area contributed by atoms with E-state index in [0.29, 0.717) is 68.6 Å². The molecular formula is C46H52F3NO6S. The van der Waals surface area contributed by atoms with Gasteiger partial charge in [-0.2, -0.15) is 13.2 Å². The number of methoxy groups -OCH3 is 2. The Hall–Kier alpha value is -3.93. The van der Waals surface area contributed by atoms with Gasteiger partial charge in [0.15, 0.2) is 17.3 Å². The molecule has 2 spiro atoms. The second-order valence-electron chi connectivity index (χ2n) is 17.7. The molecule has 0 aliphatic heterocycles. The topological polar surface area (TPSA) is 96.3 Å². The summed E-state index contributed by atoms with van der Waals surface area (Å²) in [6.45, 7) is 4.89. The molecule has 7 nitrogen and oxygen atoms in total. The van der Waals surface area contributed by atoms with Gasteiger partial charge in [0.2, 0.25) is 5.91 Å². The number of hydrogen-bond acceptors (Lipinski definition) is 7. The molecule has 6 aliphatic rings. The number of carbonyl (C=O) groups is 2. The number of benzene rings is 2. The average molecular weight is 804 g/mol. The first-order valence-electron chi connectivity index (χ1n) is 20.1. The standard InChI is InChI=1S/C46H52F3NO6S/c1-41-16-12-32(51)26-43(41)19-20-45(34(27-43)40(53)30-7-5-8-31(25-30)46(47,48)49)37(41)13-17-42(2)38(45)14-18-44(42,54)28-50(21-15-33-9-6-22-57-33)39(52)24-29-10-11-35(55-3)36(23-29)56-4/h5-11,19-20,22-23,25,27,32,37-38,51,54H,12-18,21,24,26,28H2,1-4H3/t32?,37-,38-,41-,42+,43+,44-,45-/m1/s1. The molecule has 11 heteroatoms. The predicted molar refractivity (Wildman–Crippen MR) is 212 cm³/mol. The lowest BCUT2D eigenvalue weighted by Crippen LogP contribution is -2.67. The molecule has 0 saturated heterocycles. The SMILES string of the molecule is COc1ccc(CC(=O)N(CCc2cccs2)C[C@]2(O)CC[C@H]3[C@]45C=C[C@@]6(C=C4C(=O)c4cccc(C(F)(F)F)c4)CC(O)CC[C@]6(C)[C@H]5CC[C@@]32C)cc1OC. The summed E-state index contributed by atoms with van der Waals surface area (Å²) in [6, 6.07) is 14.1. The van der Waals surface area contributed by atoms with Crippen LogP contribution in [0.2, 0.25) is 0 Å². The van der Waals surface area contributed by atoms with Gasteiger partial charge in [-0.25, -0.2) is 0 Å². The quantitative estimate of drug-likeness (QED) is 0.149. The van der Waals surface area contributed by atoms with Gasteiger partial charge >= 0.3 is 6.18 Å². The maximum atomic E-state index is 14.9. The third kappa shape index (κ3) is 6.20. The lowest BCUT2D eigenvalue weighted by Gasteiger charge is -2.71. The smallest absolute Gasteiger partial charge is 0.416 e. The maximum Gasteiger partial charge on any atom is 0.416 e. The van der Waals surface area contributed by atoms with Crippen molar-refractivity contribution in [3.8, 4) is 11.5 Å². The molecule has 3 saturated carbocycles. The van der Waals surface area contributed by atoms with Crippen molar-refractivity contribution >= 4 is 23.0 Å². The van der Waals surface area contributed by atoms with E-state index in [1.54, 1.807) is 42.6 Å². The lowest BCUT2D eigenvalue weighted by molar-refractivity contribution is -0.178. The van der Waals surface area contributed by atoms with Crippen molar-refractivity contribution in [2.75, 3.05) is 27.3 Å². The summed E-state index contributed by atoms with van der Waals surface area (Å²) in [5, 5.41) is 26.2. The van der Waals surface area contributed by atoms with E-state index < -0.39 is 45.5 Å². The van der Waals surface area contributed by atoms with Gasteiger partial charge in [0, 0.05) is 45.3 Å². The number of aliphatic hydroxyl groups excluding tert-OH is 1. The Morgan fingerprint density at radius 1 is 0.912 bits per heavy atom. The molecule has 1 unspecified atom stereocenters. The summed E-state index contributed by atoms with van der Waals surface area (Å²) in [7, 11) is 3.11. The molecule has 2 N–H and O–H groups in total. The van der Waals surface area contributed by atoms with E-state index in [1.807, 2.05) is 29.7 Å². The number of carbonyl (C=O) groups excluding carboxylic acids is 2. The van der Waals surface area contributed by atoms with Gasteiger partial charge in [0.05, 0.1) is 37.9 Å². The summed E-state index contributed by atoms with van der Waals surface area (Å²) in [4.78, 5) is 32.2. The summed E-state index contributed by atoms with van der Waals surface area (Å²) < 4.78 is 52.8. The van der Waals surface area contributed by atoms with Crippen molar-refractivity contribution in [1.82, 2.24) is 4.90 Å². The van der Waals surface area contributed by atoms with Crippen molar-refractivity contribution in [2.45, 2.75) is 89.5 Å². The van der Waals surface area contributed by atoms with Crippen LogP contribution in [0.1, 0.15) is 85.2 Å². The number of nitrogens with zero attached hydrogens (tertiary/aromatic N) is 1. The first-order valence-corrected chi connectivity index (χ1v) is 21.0. The Morgan fingerprint density at radius 2 is 1.65 bits per heavy atom. The first kappa shape index (κ1) is 39.9. The number of hydrogen-bond donors (Lipinski definition) is 2. The van der Waals surface area contributed by atoms with Gasteiger partial charge in [-0.05, 0) is 110 Å². The number of alkyl halides is 3. The van der Waals surface area contributed by atoms with Gasteiger partial charge in [0.1, 0.15) is 0 Å². The number of aliphatic hydroxyl groups is 2. The van der Waals surface area contributed by atoms with E-state index in [2.05, 4.69) is 26.0 Å². The van der Waals surface area contributed by atoms with E-state index >= 15 is 0 Å². The summed E-state index contributed by atoms with van der Waals surface area (Å²) >= 11 is 1.62. The Morgan fingerprint density at radius 3 is 2.37 bits per heavy atom. The van der Waals surface area contributed by atoms with Crippen molar-refractivity contribution in [2.24, 2.45) is 33.5 Å². The number of Topliss-reactive ketones (excluding diaryl/α,β-unsaturated/α-hetero) is 1. The van der Waals surface area contributed by atoms with Crippen LogP contribution in [0.4, 0.5) is 13.2 Å². The zero-order valence-corrected chi connectivity index (χ0v) is 33.8. The molecule has 3 aromatic rings. The number of fused-ring (bicyclic) bond motifs is 1. The molecule has 57 heavy (non-hydrogen) atoms. The highest BCUT2D eigenvalue weighted by molar-refractivity contribution is 7.09. The summed E-state index contributed by atoms with van der Waals surface area (Å²) in [5.41, 5.74) is -3.48. The minimum absolute atomic E-state index is 0.0133. The van der Waals surface area contributed by atoms with Crippen LogP contribution in [-0.4, -0.2) is 65.8 Å². The third-order valence-electron chi connectivity index (χ3n) is 15.2. The Labute approximate surface area is 336 Å². The van der Waals surface area contributed by atoms with Gasteiger partial charge in [-0.15, -0.1) is 11.3 Å². The third-order valence-corrected chi connectivity index (χ3v) is 16.2. The van der Waals surface area contributed by atoms with E-state index in [9.17, 15) is 33.0 Å². The number of amides is 1. The van der Waals surface area contributed by atoms with Crippen LogP contribution < -0.4 is 9.47 Å². The highest BCUT2D eigenvalue weighted by Gasteiger charge is 2.74. The van der Waals surface area contributed by atoms with Crippen LogP contribution in [0.25, 0.3) is 0 Å². The van der Waals surface area contributed by atoms with E-state index in [1.165, 1.54) is 12.1 Å². The van der Waals surface area contributed by atoms with Crippen LogP contribution in [0.5, 0.6) is 11.5 Å². The number of allylic oxidation sites excluding steroid dienone is 4. The molecule has 0 radical (unpaired) electrons. The van der Waals surface area contributed by atoms with Crippen LogP contribution >= 0.6 is 11.3 Å². The van der Waals surface area contributed by atoms with Crippen molar-refractivity contribution < 1.29 is 42.4 Å². The molecule has 3 fully saturated rings. The van der Waals surface area contributed by atoms with Gasteiger partial charge in [-0.3, -0.25) is 9.59 Å². The van der Waals surface area contributed by atoms with E-state index in [-0.39, 0.29) is 41.7 Å². The number of halogens is 3. The molecule has 9 rings (SSSR count). The Kier molecular flexibility index (Phi) is 9.88. The number of ketones is 1. The van der Waals surface area contributed by atoms with Crippen LogP contribution in [0.3, 0.4) is 0 Å². The largest absolute Gasteiger partial charge is 0.493 e. The number of ether oxygens (including phenoxy) is 2. The van der Waals surface area contributed by atoms with Crippen LogP contribution in [0.15, 0.2) is 83.8 Å². The number of thiophene rings is 1. The highest BCUT2D eigenvalue weighted by Crippen LogP contribution is 2.78. The predicted octanol–water partition coefficient (Wildman–Crippen LogP) is 8.87. The summed E-state index contributed by atoms with van der Waals surface area (Å²) in [5.74, 6) is 0.272. The fourth-order valence-corrected chi connectivity index (χ4v) is 12.9. The first-order chi connectivity index (χ1) is 27.0. The van der Waals surface area contributed by atoms with Crippen LogP contribution in [-0.2, 0) is 23.8 Å². The number of rotatable bonds is 11. The lowest BCUT2D eigenvalue weighted by atomic mass is 9.32. The molecular weight excluding hydrogens is 752 g/mol. The fraction of sp³-hybridized carbons (Fsp3) is 0.522.